The molecule has 1 aromatic rings. The number of allylic oxidation sites excluding steroid dienone is 6. The number of carbonyl (C=O) groups is 1. The Hall–Kier alpha value is -2.20. The summed E-state index contributed by atoms with van der Waals surface area (Å²) in [4.78, 5) is 15.8. The van der Waals surface area contributed by atoms with Crippen LogP contribution < -0.4 is 4.74 Å². The van der Waals surface area contributed by atoms with E-state index < -0.39 is 0 Å². The van der Waals surface area contributed by atoms with Crippen LogP contribution in [0.2, 0.25) is 0 Å². The van der Waals surface area contributed by atoms with Crippen molar-refractivity contribution in [2.75, 3.05) is 19.8 Å². The van der Waals surface area contributed by atoms with E-state index in [4.69, 9.17) is 9.47 Å². The first kappa shape index (κ1) is 21.1. The van der Waals surface area contributed by atoms with E-state index in [2.05, 4.69) is 56.1 Å². The minimum atomic E-state index is 0.000667. The second kappa shape index (κ2) is 9.65. The highest BCUT2D eigenvalue weighted by atomic mass is 16.5. The molecular weight excluding hydrogens is 338 g/mol. The van der Waals surface area contributed by atoms with Gasteiger partial charge in [0, 0.05) is 29.2 Å². The highest BCUT2D eigenvalue weighted by Gasteiger charge is 2.22. The Bertz CT molecular complexity index is 714. The van der Waals surface area contributed by atoms with Gasteiger partial charge in [-0.25, -0.2) is 4.98 Å². The van der Waals surface area contributed by atoms with Crippen LogP contribution in [0.5, 0.6) is 5.88 Å². The number of ketones is 1. The lowest BCUT2D eigenvalue weighted by Gasteiger charge is -2.26. The maximum absolute atomic E-state index is 11.5. The summed E-state index contributed by atoms with van der Waals surface area (Å²) in [5, 5.41) is 0. The molecule has 4 nitrogen and oxygen atoms in total. The van der Waals surface area contributed by atoms with Crippen molar-refractivity contribution in [2.24, 2.45) is 17.3 Å². The number of rotatable bonds is 9. The standard InChI is InChI=1S/C23H31NO3/c1-17(2)21(25)16-26-13-14-27-22-9-8-20(15-24-22)19-7-6-11-23(5,12-10-19)18(3)4/h6-12,15,17-18H,13-14,16H2,1-5H3. The quantitative estimate of drug-likeness (QED) is 0.583. The summed E-state index contributed by atoms with van der Waals surface area (Å²) in [6.07, 6.45) is 12.7. The van der Waals surface area contributed by atoms with Gasteiger partial charge >= 0.3 is 0 Å². The van der Waals surface area contributed by atoms with Gasteiger partial charge in [-0.15, -0.1) is 0 Å². The smallest absolute Gasteiger partial charge is 0.213 e. The van der Waals surface area contributed by atoms with Crippen molar-refractivity contribution >= 4 is 11.4 Å². The number of pyridine rings is 1. The number of Topliss-reactive ketones (excluding diaryl/α,β-unsaturated/α-hetero) is 1. The third-order valence-corrected chi connectivity index (χ3v) is 5.03. The lowest BCUT2D eigenvalue weighted by molar-refractivity contribution is -0.126. The van der Waals surface area contributed by atoms with Crippen LogP contribution in [0.1, 0.15) is 40.2 Å². The van der Waals surface area contributed by atoms with E-state index in [0.717, 1.165) is 11.1 Å². The molecule has 0 amide bonds. The van der Waals surface area contributed by atoms with Crippen LogP contribution in [0.25, 0.3) is 5.57 Å². The summed E-state index contributed by atoms with van der Waals surface area (Å²) in [5.74, 6) is 1.19. The molecule has 0 N–H and O–H groups in total. The average Bonchev–Trinajstić information content (AvgIpc) is 2.84. The molecule has 4 heteroatoms. The predicted octanol–water partition coefficient (Wildman–Crippen LogP) is 4.87. The molecule has 1 aromatic heterocycles. The number of hydrogen-bond acceptors (Lipinski definition) is 4. The first-order valence-corrected chi connectivity index (χ1v) is 9.60. The highest BCUT2D eigenvalue weighted by Crippen LogP contribution is 2.34. The largest absolute Gasteiger partial charge is 0.475 e. The van der Waals surface area contributed by atoms with Crippen LogP contribution in [0.3, 0.4) is 0 Å². The number of nitrogens with zero attached hydrogens (tertiary/aromatic N) is 1. The van der Waals surface area contributed by atoms with Gasteiger partial charge in [0.2, 0.25) is 5.88 Å². The molecule has 1 unspecified atom stereocenters. The van der Waals surface area contributed by atoms with Crippen molar-refractivity contribution in [3.63, 3.8) is 0 Å². The van der Waals surface area contributed by atoms with Gasteiger partial charge in [0.15, 0.2) is 5.78 Å². The van der Waals surface area contributed by atoms with Crippen LogP contribution in [0.15, 0.2) is 48.7 Å². The van der Waals surface area contributed by atoms with Gasteiger partial charge in [-0.2, -0.15) is 0 Å². The number of carbonyl (C=O) groups excluding carboxylic acids is 1. The Morgan fingerprint density at radius 3 is 2.56 bits per heavy atom. The van der Waals surface area contributed by atoms with E-state index in [1.165, 1.54) is 0 Å². The molecule has 0 radical (unpaired) electrons. The lowest BCUT2D eigenvalue weighted by Crippen LogP contribution is -2.17. The van der Waals surface area contributed by atoms with E-state index in [1.807, 2.05) is 32.2 Å². The summed E-state index contributed by atoms with van der Waals surface area (Å²) in [6, 6.07) is 3.87. The monoisotopic (exact) mass is 369 g/mol. The van der Waals surface area contributed by atoms with Crippen LogP contribution in [-0.2, 0) is 9.53 Å². The number of hydrogen-bond donors (Lipinski definition) is 0. The summed E-state index contributed by atoms with van der Waals surface area (Å²) in [6.45, 7) is 11.3. The number of aromatic nitrogens is 1. The minimum Gasteiger partial charge on any atom is -0.475 e. The van der Waals surface area contributed by atoms with Crippen molar-refractivity contribution in [2.45, 2.75) is 34.6 Å². The summed E-state index contributed by atoms with van der Waals surface area (Å²) >= 11 is 0. The fraction of sp³-hybridized carbons (Fsp3) is 0.478. The van der Waals surface area contributed by atoms with E-state index in [-0.39, 0.29) is 23.7 Å². The molecule has 0 saturated heterocycles. The van der Waals surface area contributed by atoms with Crippen molar-refractivity contribution in [3.8, 4) is 5.88 Å². The zero-order chi connectivity index (χ0) is 19.9. The molecular formula is C23H31NO3. The van der Waals surface area contributed by atoms with Gasteiger partial charge in [-0.05, 0) is 17.6 Å². The fourth-order valence-electron chi connectivity index (χ4n) is 2.50. The first-order valence-electron chi connectivity index (χ1n) is 9.60. The third kappa shape index (κ3) is 6.17. The van der Waals surface area contributed by atoms with Crippen molar-refractivity contribution in [1.82, 2.24) is 4.98 Å². The van der Waals surface area contributed by atoms with Gasteiger partial charge in [-0.1, -0.05) is 65.0 Å². The first-order chi connectivity index (χ1) is 12.8. The molecule has 0 bridgehead atoms. The molecule has 0 spiro atoms. The highest BCUT2D eigenvalue weighted by molar-refractivity contribution is 5.81. The van der Waals surface area contributed by atoms with Gasteiger partial charge in [0.05, 0.1) is 6.61 Å². The molecule has 146 valence electrons. The lowest BCUT2D eigenvalue weighted by atomic mass is 9.79. The van der Waals surface area contributed by atoms with Crippen molar-refractivity contribution in [1.29, 1.82) is 0 Å². The van der Waals surface area contributed by atoms with Crippen LogP contribution in [0.4, 0.5) is 0 Å². The predicted molar refractivity (Wildman–Crippen MR) is 110 cm³/mol. The number of ether oxygens (including phenoxy) is 2. The topological polar surface area (TPSA) is 48.4 Å². The Labute approximate surface area is 163 Å². The molecule has 0 aromatic carbocycles. The van der Waals surface area contributed by atoms with E-state index in [1.54, 1.807) is 0 Å². The molecule has 0 aliphatic heterocycles. The van der Waals surface area contributed by atoms with E-state index in [0.29, 0.717) is 25.0 Å². The molecule has 1 aliphatic rings. The van der Waals surface area contributed by atoms with Gasteiger partial charge in [0.1, 0.15) is 13.2 Å². The van der Waals surface area contributed by atoms with Crippen molar-refractivity contribution < 1.29 is 14.3 Å². The minimum absolute atomic E-state index is 0.000667. The van der Waals surface area contributed by atoms with Crippen LogP contribution in [0, 0.1) is 17.3 Å². The van der Waals surface area contributed by atoms with Crippen molar-refractivity contribution in [3.05, 3.63) is 54.3 Å². The second-order valence-electron chi connectivity index (χ2n) is 7.74. The van der Waals surface area contributed by atoms with E-state index >= 15 is 0 Å². The fourth-order valence-corrected chi connectivity index (χ4v) is 2.50. The summed E-state index contributed by atoms with van der Waals surface area (Å²) in [7, 11) is 0. The third-order valence-electron chi connectivity index (χ3n) is 5.03. The maximum atomic E-state index is 11.5. The molecule has 27 heavy (non-hydrogen) atoms. The SMILES string of the molecule is CC(C)C(=O)COCCOc1ccc(C2=CC=CC(C)(C(C)C)C=C2)cn1. The molecule has 2 rings (SSSR count). The normalized spacial score (nSPS) is 19.3. The van der Waals surface area contributed by atoms with Crippen LogP contribution >= 0.6 is 0 Å². The second-order valence-corrected chi connectivity index (χ2v) is 7.74. The zero-order valence-electron chi connectivity index (χ0n) is 17.1. The average molecular weight is 370 g/mol. The Morgan fingerprint density at radius 1 is 1.15 bits per heavy atom. The van der Waals surface area contributed by atoms with Gasteiger partial charge < -0.3 is 9.47 Å². The Morgan fingerprint density at radius 2 is 1.93 bits per heavy atom. The van der Waals surface area contributed by atoms with E-state index in [9.17, 15) is 4.79 Å². The Kier molecular flexibility index (Phi) is 7.55. The molecule has 1 atom stereocenters. The molecule has 1 heterocycles. The van der Waals surface area contributed by atoms with Gasteiger partial charge in [0.25, 0.3) is 0 Å². The summed E-state index contributed by atoms with van der Waals surface area (Å²) < 4.78 is 10.9. The van der Waals surface area contributed by atoms with Crippen LogP contribution in [-0.4, -0.2) is 30.6 Å². The Balaban J connectivity index is 1.86. The molecule has 0 fully saturated rings. The zero-order valence-corrected chi connectivity index (χ0v) is 17.1. The van der Waals surface area contributed by atoms with Gasteiger partial charge in [-0.3, -0.25) is 4.79 Å². The molecule has 1 aliphatic carbocycles. The molecule has 0 saturated carbocycles. The maximum Gasteiger partial charge on any atom is 0.213 e. The summed E-state index contributed by atoms with van der Waals surface area (Å²) in [5.41, 5.74) is 2.24.